The van der Waals surface area contributed by atoms with Gasteiger partial charge in [0, 0.05) is 14.0 Å². The molecule has 1 rings (SSSR count). The summed E-state index contributed by atoms with van der Waals surface area (Å²) in [5, 5.41) is 7.37. The second-order valence-electron chi connectivity index (χ2n) is 4.04. The van der Waals surface area contributed by atoms with Gasteiger partial charge in [-0.05, 0) is 6.92 Å². The van der Waals surface area contributed by atoms with Crippen LogP contribution in [0.4, 0.5) is 0 Å². The summed E-state index contributed by atoms with van der Waals surface area (Å²) in [6, 6.07) is 0. The number of hydrogen-bond donors (Lipinski definition) is 2. The van der Waals surface area contributed by atoms with Gasteiger partial charge in [-0.25, -0.2) is 9.48 Å². The Hall–Kier alpha value is -2.49. The van der Waals surface area contributed by atoms with Gasteiger partial charge in [0.05, 0.1) is 12.3 Å². The molecule has 0 radical (unpaired) electrons. The van der Waals surface area contributed by atoms with Crippen molar-refractivity contribution in [2.24, 2.45) is 0 Å². The molecule has 116 valence electrons. The predicted molar refractivity (Wildman–Crippen MR) is 68.9 cm³/mol. The SMILES string of the molecule is COCCOC(=O)c1nnn(CC(=O)NNC(C)=O)c1C. The molecule has 2 amide bonds. The molecule has 10 heteroatoms. The van der Waals surface area contributed by atoms with Gasteiger partial charge in [0.25, 0.3) is 5.91 Å². The Morgan fingerprint density at radius 2 is 1.95 bits per heavy atom. The highest BCUT2D eigenvalue weighted by Gasteiger charge is 2.19. The summed E-state index contributed by atoms with van der Waals surface area (Å²) in [5.41, 5.74) is 4.73. The Kier molecular flexibility index (Phi) is 6.27. The number of aromatic nitrogens is 3. The van der Waals surface area contributed by atoms with E-state index in [9.17, 15) is 14.4 Å². The van der Waals surface area contributed by atoms with Gasteiger partial charge in [-0.1, -0.05) is 5.21 Å². The maximum atomic E-state index is 11.7. The number of carbonyl (C=O) groups is 3. The molecule has 0 spiro atoms. The molecule has 0 bridgehead atoms. The zero-order valence-corrected chi connectivity index (χ0v) is 12.0. The maximum Gasteiger partial charge on any atom is 0.360 e. The smallest absolute Gasteiger partial charge is 0.360 e. The van der Waals surface area contributed by atoms with Crippen molar-refractivity contribution in [2.45, 2.75) is 20.4 Å². The summed E-state index contributed by atoms with van der Waals surface area (Å²) in [6.07, 6.45) is 0. The van der Waals surface area contributed by atoms with Crippen molar-refractivity contribution in [3.05, 3.63) is 11.4 Å². The third-order valence-corrected chi connectivity index (χ3v) is 2.37. The van der Waals surface area contributed by atoms with E-state index in [0.717, 1.165) is 0 Å². The van der Waals surface area contributed by atoms with E-state index >= 15 is 0 Å². The van der Waals surface area contributed by atoms with Gasteiger partial charge in [0.2, 0.25) is 5.91 Å². The number of methoxy groups -OCH3 is 1. The zero-order valence-electron chi connectivity index (χ0n) is 12.0. The Morgan fingerprint density at radius 1 is 1.24 bits per heavy atom. The molecule has 1 heterocycles. The van der Waals surface area contributed by atoms with Crippen LogP contribution in [0, 0.1) is 6.92 Å². The summed E-state index contributed by atoms with van der Waals surface area (Å²) < 4.78 is 10.9. The summed E-state index contributed by atoms with van der Waals surface area (Å²) >= 11 is 0. The normalized spacial score (nSPS) is 10.0. The summed E-state index contributed by atoms with van der Waals surface area (Å²) in [5.74, 6) is -1.54. The summed E-state index contributed by atoms with van der Waals surface area (Å²) in [7, 11) is 1.49. The number of hydrogen-bond acceptors (Lipinski definition) is 7. The van der Waals surface area contributed by atoms with E-state index in [4.69, 9.17) is 9.47 Å². The lowest BCUT2D eigenvalue weighted by Crippen LogP contribution is -2.42. The molecule has 0 saturated carbocycles. The Bertz CT molecular complexity index is 527. The summed E-state index contributed by atoms with van der Waals surface area (Å²) in [6.45, 7) is 3.03. The summed E-state index contributed by atoms with van der Waals surface area (Å²) in [4.78, 5) is 33.9. The van der Waals surface area contributed by atoms with E-state index in [1.54, 1.807) is 6.92 Å². The second-order valence-corrected chi connectivity index (χ2v) is 4.04. The lowest BCUT2D eigenvalue weighted by Gasteiger charge is -2.06. The van der Waals surface area contributed by atoms with Gasteiger partial charge in [0.1, 0.15) is 13.2 Å². The number of nitrogens with one attached hydrogen (secondary N) is 2. The highest BCUT2D eigenvalue weighted by Crippen LogP contribution is 2.05. The first kappa shape index (κ1) is 16.6. The number of esters is 1. The highest BCUT2D eigenvalue weighted by atomic mass is 16.6. The van der Waals surface area contributed by atoms with Gasteiger partial charge < -0.3 is 9.47 Å². The molecule has 0 atom stereocenters. The van der Waals surface area contributed by atoms with E-state index in [1.165, 1.54) is 18.7 Å². The number of ether oxygens (including phenoxy) is 2. The van der Waals surface area contributed by atoms with Crippen molar-refractivity contribution in [2.75, 3.05) is 20.3 Å². The predicted octanol–water partition coefficient (Wildman–Crippen LogP) is -1.44. The van der Waals surface area contributed by atoms with Gasteiger partial charge >= 0.3 is 5.97 Å². The van der Waals surface area contributed by atoms with Crippen molar-refractivity contribution in [3.8, 4) is 0 Å². The second kappa shape index (κ2) is 7.94. The van der Waals surface area contributed by atoms with Crippen molar-refractivity contribution >= 4 is 17.8 Å². The largest absolute Gasteiger partial charge is 0.458 e. The van der Waals surface area contributed by atoms with Crippen molar-refractivity contribution in [1.82, 2.24) is 25.8 Å². The van der Waals surface area contributed by atoms with Crippen LogP contribution in [0.15, 0.2) is 0 Å². The minimum Gasteiger partial charge on any atom is -0.458 e. The standard InChI is InChI=1S/C11H17N5O5/c1-7-10(11(19)21-5-4-20-3)14-15-16(7)6-9(18)13-12-8(2)17/h4-6H2,1-3H3,(H,12,17)(H,13,18). The molecule has 1 aromatic heterocycles. The third-order valence-electron chi connectivity index (χ3n) is 2.37. The molecule has 1 aromatic rings. The molecule has 2 N–H and O–H groups in total. The monoisotopic (exact) mass is 299 g/mol. The van der Waals surface area contributed by atoms with E-state index in [1.807, 2.05) is 0 Å². The van der Waals surface area contributed by atoms with Crippen LogP contribution in [-0.4, -0.2) is 53.1 Å². The Balaban J connectivity index is 2.60. The van der Waals surface area contributed by atoms with E-state index in [-0.39, 0.29) is 25.5 Å². The van der Waals surface area contributed by atoms with Crippen LogP contribution < -0.4 is 10.9 Å². The van der Waals surface area contributed by atoms with E-state index in [0.29, 0.717) is 5.69 Å². The van der Waals surface area contributed by atoms with Gasteiger partial charge in [-0.3, -0.25) is 20.4 Å². The van der Waals surface area contributed by atoms with Crippen LogP contribution in [0.25, 0.3) is 0 Å². The molecule has 0 fully saturated rings. The van der Waals surface area contributed by atoms with Crippen molar-refractivity contribution < 1.29 is 23.9 Å². The number of nitrogens with zero attached hydrogens (tertiary/aromatic N) is 3. The average Bonchev–Trinajstić information content (AvgIpc) is 2.78. The van der Waals surface area contributed by atoms with Crippen LogP contribution in [0.1, 0.15) is 23.1 Å². The van der Waals surface area contributed by atoms with Gasteiger partial charge in [-0.2, -0.15) is 0 Å². The zero-order chi connectivity index (χ0) is 15.8. The fourth-order valence-electron chi connectivity index (χ4n) is 1.32. The first-order valence-corrected chi connectivity index (χ1v) is 6.07. The quantitative estimate of drug-likeness (QED) is 0.374. The first-order chi connectivity index (χ1) is 9.95. The molecular formula is C11H17N5O5. The number of carbonyl (C=O) groups excluding carboxylic acids is 3. The number of rotatable bonds is 6. The Labute approximate surface area is 120 Å². The highest BCUT2D eigenvalue weighted by molar-refractivity contribution is 5.88. The first-order valence-electron chi connectivity index (χ1n) is 6.07. The lowest BCUT2D eigenvalue weighted by molar-refractivity contribution is -0.128. The molecular weight excluding hydrogens is 282 g/mol. The van der Waals surface area contributed by atoms with Crippen molar-refractivity contribution in [3.63, 3.8) is 0 Å². The Morgan fingerprint density at radius 3 is 2.57 bits per heavy atom. The lowest BCUT2D eigenvalue weighted by atomic mass is 10.3. The average molecular weight is 299 g/mol. The molecule has 0 aliphatic rings. The van der Waals surface area contributed by atoms with Gasteiger partial charge in [-0.15, -0.1) is 5.10 Å². The van der Waals surface area contributed by atoms with E-state index < -0.39 is 17.8 Å². The molecule has 21 heavy (non-hydrogen) atoms. The van der Waals surface area contributed by atoms with Crippen molar-refractivity contribution in [1.29, 1.82) is 0 Å². The molecule has 0 unspecified atom stereocenters. The third kappa shape index (κ3) is 5.18. The number of hydrazine groups is 1. The minimum atomic E-state index is -0.641. The fraction of sp³-hybridized carbons (Fsp3) is 0.545. The van der Waals surface area contributed by atoms with Crippen LogP contribution in [0.2, 0.25) is 0 Å². The van der Waals surface area contributed by atoms with Crippen LogP contribution in [-0.2, 0) is 25.6 Å². The van der Waals surface area contributed by atoms with Gasteiger partial charge in [0.15, 0.2) is 5.69 Å². The molecule has 0 saturated heterocycles. The molecule has 10 nitrogen and oxygen atoms in total. The topological polar surface area (TPSA) is 124 Å². The van der Waals surface area contributed by atoms with E-state index in [2.05, 4.69) is 21.2 Å². The van der Waals surface area contributed by atoms with Crippen LogP contribution in [0.3, 0.4) is 0 Å². The number of amides is 2. The van der Waals surface area contributed by atoms with Crippen LogP contribution >= 0.6 is 0 Å². The fourth-order valence-corrected chi connectivity index (χ4v) is 1.32. The molecule has 0 aliphatic carbocycles. The minimum absolute atomic E-state index is 0.0263. The maximum absolute atomic E-state index is 11.7. The molecule has 0 aliphatic heterocycles. The molecule has 0 aromatic carbocycles. The van der Waals surface area contributed by atoms with Crippen LogP contribution in [0.5, 0.6) is 0 Å².